The fraction of sp³-hybridized carbons (Fsp3) is 0.295. The van der Waals surface area contributed by atoms with Gasteiger partial charge in [-0.1, -0.05) is 92.8 Å². The van der Waals surface area contributed by atoms with Gasteiger partial charge in [0.05, 0.1) is 127 Å². The number of fused-ring (bicyclic) bond motifs is 5. The minimum atomic E-state index is -0.532. The van der Waals surface area contributed by atoms with E-state index in [4.69, 9.17) is 28.9 Å². The molecule has 19 rings (SSSR count). The molecule has 589 valence electrons. The molecule has 10 aromatic rings. The summed E-state index contributed by atoms with van der Waals surface area (Å²) in [4.78, 5) is 72.0. The van der Waals surface area contributed by atoms with Crippen LogP contribution in [0.3, 0.4) is 0 Å². The Morgan fingerprint density at radius 1 is 0.383 bits per heavy atom. The molecule has 4 saturated heterocycles. The first-order valence-electron chi connectivity index (χ1n) is 36.6. The zero-order chi connectivity index (χ0) is 75.6. The Morgan fingerprint density at radius 2 is 0.670 bits per heavy atom. The molecular weight excluding hydrogens is 1530 g/mol. The first-order valence-corrected chi connectivity index (χ1v) is 37.4. The van der Waals surface area contributed by atoms with Crippen LogP contribution in [0.15, 0.2) is 212 Å². The summed E-state index contributed by atoms with van der Waals surface area (Å²) in [6.45, 7) is 16.9. The van der Waals surface area contributed by atoms with Crippen LogP contribution in [-0.2, 0) is 64.9 Å². The number of aromatic nitrogens is 5. The normalized spacial score (nSPS) is 15.5. The largest absolute Gasteiger partial charge is 1.00 e. The van der Waals surface area contributed by atoms with Gasteiger partial charge in [-0.15, -0.1) is 0 Å². The van der Waals surface area contributed by atoms with Crippen LogP contribution in [-0.4, -0.2) is 190 Å². The van der Waals surface area contributed by atoms with E-state index in [0.29, 0.717) is 49.4 Å². The maximum absolute atomic E-state index is 13.1. The van der Waals surface area contributed by atoms with Gasteiger partial charge in [-0.05, 0) is 124 Å². The maximum atomic E-state index is 13.1. The summed E-state index contributed by atoms with van der Waals surface area (Å²) < 4.78 is 48.4. The summed E-state index contributed by atoms with van der Waals surface area (Å²) in [6, 6.07) is 47.8. The number of aldehydes is 2. The molecule has 5 aromatic carbocycles. The van der Waals surface area contributed by atoms with Crippen LogP contribution in [0.1, 0.15) is 139 Å². The number of rotatable bonds is 12. The van der Waals surface area contributed by atoms with E-state index in [1.165, 1.54) is 41.2 Å². The number of ether oxygens (including phenoxy) is 4. The monoisotopic (exact) mass is 1630 g/mol. The third-order valence-electron chi connectivity index (χ3n) is 19.5. The molecule has 0 atom stereocenters. The molecule has 0 spiro atoms. The van der Waals surface area contributed by atoms with Gasteiger partial charge in [0.2, 0.25) is 11.9 Å². The number of aliphatic imine (C=N–C) groups is 5. The summed E-state index contributed by atoms with van der Waals surface area (Å²) in [5.41, 5.74) is 23.3. The summed E-state index contributed by atoms with van der Waals surface area (Å²) in [5, 5.41) is 21.9. The molecule has 0 amide bonds. The Hall–Kier alpha value is -9.94. The number of halogens is 3. The van der Waals surface area contributed by atoms with Crippen LogP contribution >= 0.6 is 15.9 Å². The van der Waals surface area contributed by atoms with Gasteiger partial charge in [-0.2, -0.15) is 8.78 Å². The van der Waals surface area contributed by atoms with Crippen molar-refractivity contribution in [3.63, 3.8) is 0 Å². The van der Waals surface area contributed by atoms with Crippen LogP contribution in [0.4, 0.5) is 26.2 Å². The molecule has 0 aliphatic carbocycles. The van der Waals surface area contributed by atoms with Crippen molar-refractivity contribution in [3.05, 3.63) is 305 Å². The van der Waals surface area contributed by atoms with Gasteiger partial charge >= 0.3 is 29.6 Å². The third kappa shape index (κ3) is 22.4. The Labute approximate surface area is 704 Å². The SMILES string of the molecule is C.C.C.C1COCCN1.Fc1cc(C2=NCc3ccc(Br)cc32)ccn1.O=Cc1ccc2c(c1)C(c1ccnc(F)c1)=NC2.O=Cc1ccc2c(c1)C(c1ccnc(N3CCOCC3)c1)=NC2.OCc1ccc2c(c1)C(c1ccnc(N3CCOCC3)c1)=NC2.OCc1ccc2c(c1)C(c1ccnc(N3CCOCC3)c1)=NC2.[B].[H-].[Na+]. The molecule has 5 aromatic heterocycles. The van der Waals surface area contributed by atoms with Gasteiger partial charge in [-0.25, -0.2) is 24.9 Å². The quantitative estimate of drug-likeness (QED) is 0.0584. The fourth-order valence-corrected chi connectivity index (χ4v) is 14.2. The van der Waals surface area contributed by atoms with Crippen LogP contribution < -0.4 is 49.6 Å². The number of nitrogens with one attached hydrogen (secondary N) is 1. The Balaban J connectivity index is 0.000000176. The molecule has 22 nitrogen and oxygen atoms in total. The fourth-order valence-electron chi connectivity index (χ4n) is 13.8. The van der Waals surface area contributed by atoms with Gasteiger partial charge in [0.25, 0.3) is 0 Å². The first kappa shape index (κ1) is 89.0. The van der Waals surface area contributed by atoms with Crippen molar-refractivity contribution >= 4 is 82.9 Å². The summed E-state index contributed by atoms with van der Waals surface area (Å²) in [6.07, 6.45) is 10.1. The standard InChI is InChI=1S/2C18H19N3O2.C18H17N3O2.C14H9FN2O.C13H8BrFN2.C4H9NO.3CH4.B.Na.H/c3*22-12-13-1-2-15-11-20-18(16(15)9-13)14-3-4-19-17(10-14)21-5-7-23-8-6-21;15-13-6-10(3-4-16-13)14-12-5-9(8-18)1-2-11(12)7-17-14;14-10-2-1-9-7-17-13(11(9)6-10)8-3-4-16-12(15)5-8;1-3-6-4-2-5-1;;;;;;/h2*1-4,9-10,22H,5-8,11-12H2;1-4,9-10,12H,5-8,11H2;1-6,8H,7H2;1-6H,7H2;5H,1-4H2;3*1H4;;;/q;;;;;;;;;;+1;-1. The molecule has 3 radical (unpaired) electrons. The van der Waals surface area contributed by atoms with Crippen molar-refractivity contribution in [1.29, 1.82) is 0 Å². The Morgan fingerprint density at radius 3 is 0.965 bits per heavy atom. The van der Waals surface area contributed by atoms with Crippen molar-refractivity contribution < 1.29 is 78.5 Å². The molecule has 115 heavy (non-hydrogen) atoms. The number of hydrogen-bond acceptors (Lipinski definition) is 22. The van der Waals surface area contributed by atoms with E-state index in [1.807, 2.05) is 104 Å². The maximum Gasteiger partial charge on any atom is 1.00 e. The van der Waals surface area contributed by atoms with E-state index in [1.54, 1.807) is 24.3 Å². The second kappa shape index (κ2) is 43.7. The van der Waals surface area contributed by atoms with Gasteiger partial charge < -0.3 is 50.6 Å². The van der Waals surface area contributed by atoms with Crippen LogP contribution in [0.25, 0.3) is 0 Å². The summed E-state index contributed by atoms with van der Waals surface area (Å²) in [7, 11) is 0. The van der Waals surface area contributed by atoms with E-state index >= 15 is 0 Å². The molecule has 0 bridgehead atoms. The van der Waals surface area contributed by atoms with Crippen molar-refractivity contribution in [3.8, 4) is 0 Å². The van der Waals surface area contributed by atoms with E-state index in [-0.39, 0.29) is 74.9 Å². The number of anilines is 3. The van der Waals surface area contributed by atoms with Crippen molar-refractivity contribution in [2.45, 2.75) is 68.2 Å². The molecule has 3 N–H and O–H groups in total. The molecular formula is C88H94BBrF2N14NaO8. The number of nitrogens with zero attached hydrogens (tertiary/aromatic N) is 13. The number of carbonyl (C=O) groups excluding carboxylic acids is 2. The molecule has 0 unspecified atom stereocenters. The minimum absolute atomic E-state index is 0. The molecule has 9 aliphatic heterocycles. The van der Waals surface area contributed by atoms with Gasteiger partial charge in [0.15, 0.2) is 0 Å². The number of carbonyl (C=O) groups is 2. The van der Waals surface area contributed by atoms with Gasteiger partial charge in [0.1, 0.15) is 30.0 Å². The van der Waals surface area contributed by atoms with E-state index in [0.717, 1.165) is 241 Å². The number of morpholine rings is 4. The third-order valence-corrected chi connectivity index (χ3v) is 20.0. The second-order valence-electron chi connectivity index (χ2n) is 26.6. The molecule has 9 aliphatic rings. The van der Waals surface area contributed by atoms with E-state index in [9.17, 15) is 28.6 Å². The zero-order valence-corrected chi connectivity index (χ0v) is 65.7. The summed E-state index contributed by atoms with van der Waals surface area (Å²) >= 11 is 3.44. The Kier molecular flexibility index (Phi) is 33.8. The second-order valence-corrected chi connectivity index (χ2v) is 27.5. The average molecular weight is 1630 g/mol. The molecule has 0 saturated carbocycles. The first-order chi connectivity index (χ1) is 54.1. The van der Waals surface area contributed by atoms with Crippen molar-refractivity contribution in [2.24, 2.45) is 25.0 Å². The topological polar surface area (TPSA) is 260 Å². The smallest absolute Gasteiger partial charge is 1.00 e. The van der Waals surface area contributed by atoms with Gasteiger partial charge in [-0.3, -0.25) is 34.6 Å². The molecule has 14 heterocycles. The van der Waals surface area contributed by atoms with E-state index in [2.05, 4.69) is 106 Å². The number of hydrogen-bond donors (Lipinski definition) is 3. The number of aliphatic hydroxyl groups excluding tert-OH is 2. The minimum Gasteiger partial charge on any atom is -1.00 e. The van der Waals surface area contributed by atoms with Crippen LogP contribution in [0.2, 0.25) is 0 Å². The summed E-state index contributed by atoms with van der Waals surface area (Å²) in [5.74, 6) is 1.89. The van der Waals surface area contributed by atoms with Crippen molar-refractivity contribution in [2.75, 3.05) is 120 Å². The van der Waals surface area contributed by atoms with E-state index < -0.39 is 11.9 Å². The number of benzene rings is 5. The molecule has 27 heteroatoms. The molecule has 4 fully saturated rings. The number of aliphatic hydroxyl groups is 2. The zero-order valence-electron chi connectivity index (χ0n) is 63.1. The number of pyridine rings is 5. The van der Waals surface area contributed by atoms with Crippen LogP contribution in [0, 0.1) is 11.9 Å². The average Bonchev–Trinajstić information content (AvgIpc) is 1.74. The van der Waals surface area contributed by atoms with Crippen LogP contribution in [0.5, 0.6) is 0 Å². The van der Waals surface area contributed by atoms with Gasteiger partial charge in [0, 0.05) is 175 Å². The predicted octanol–water partition coefficient (Wildman–Crippen LogP) is 9.57. The predicted molar refractivity (Wildman–Crippen MR) is 450 cm³/mol. The Bertz CT molecular complexity index is 5020. The van der Waals surface area contributed by atoms with Crippen molar-refractivity contribution in [1.82, 2.24) is 30.2 Å².